The molecule has 0 spiro atoms. The van der Waals surface area contributed by atoms with E-state index >= 15 is 0 Å². The fraction of sp³-hybridized carbons (Fsp3) is 0.588. The number of sulfonamides is 1. The summed E-state index contributed by atoms with van der Waals surface area (Å²) < 4.78 is 52.6. The lowest BCUT2D eigenvalue weighted by molar-refractivity contribution is -0.157. The molecule has 1 aromatic rings. The highest BCUT2D eigenvalue weighted by atomic mass is 32.2. The van der Waals surface area contributed by atoms with Crippen molar-refractivity contribution in [2.45, 2.75) is 94.5 Å². The predicted molar refractivity (Wildman–Crippen MR) is 170 cm³/mol. The first-order valence-electron chi connectivity index (χ1n) is 16.9. The number of ether oxygens (including phenoxy) is 2. The van der Waals surface area contributed by atoms with Crippen LogP contribution >= 0.6 is 0 Å². The van der Waals surface area contributed by atoms with E-state index < -0.39 is 92.1 Å². The molecule has 1 N–H and O–H groups in total. The Kier molecular flexibility index (Phi) is 8.50. The molecule has 6 aliphatic rings. The molecule has 268 valence electrons. The molecular formula is C34H39FN4O10S. The highest BCUT2D eigenvalue weighted by Crippen LogP contribution is 2.57. The summed E-state index contributed by atoms with van der Waals surface area (Å²) in [4.78, 5) is 83.9. The minimum absolute atomic E-state index is 0.00601. The Morgan fingerprint density at radius 3 is 2.54 bits per heavy atom. The summed E-state index contributed by atoms with van der Waals surface area (Å²) in [6, 6.07) is 2.75. The van der Waals surface area contributed by atoms with Crippen LogP contribution in [0, 0.1) is 23.1 Å². The third-order valence-corrected chi connectivity index (χ3v) is 12.8. The molecule has 3 saturated heterocycles. The van der Waals surface area contributed by atoms with Crippen LogP contribution in [0.4, 0.5) is 9.18 Å². The molecule has 4 aliphatic heterocycles. The summed E-state index contributed by atoms with van der Waals surface area (Å²) in [6.45, 7) is 5.47. The van der Waals surface area contributed by atoms with Crippen molar-refractivity contribution in [1.29, 1.82) is 0 Å². The van der Waals surface area contributed by atoms with Gasteiger partial charge in [0.2, 0.25) is 27.7 Å². The minimum atomic E-state index is -3.89. The number of likely N-dealkylation sites (tertiary alicyclic amines) is 2. The minimum Gasteiger partial charge on any atom is -0.459 e. The van der Waals surface area contributed by atoms with Crippen LogP contribution in [0.3, 0.4) is 0 Å². The molecule has 1 unspecified atom stereocenters. The van der Waals surface area contributed by atoms with Crippen LogP contribution in [-0.4, -0.2) is 101 Å². The van der Waals surface area contributed by atoms with Crippen molar-refractivity contribution in [2.24, 2.45) is 17.3 Å². The molecule has 50 heavy (non-hydrogen) atoms. The van der Waals surface area contributed by atoms with Crippen LogP contribution in [-0.2, 0) is 56.6 Å². The van der Waals surface area contributed by atoms with Gasteiger partial charge in [0.15, 0.2) is 5.78 Å². The fourth-order valence-electron chi connectivity index (χ4n) is 7.84. The van der Waals surface area contributed by atoms with Crippen molar-refractivity contribution in [2.75, 3.05) is 13.1 Å². The number of nitrogens with zero attached hydrogens (tertiary/aromatic N) is 3. The van der Waals surface area contributed by atoms with Gasteiger partial charge < -0.3 is 19.3 Å². The molecule has 2 bridgehead atoms. The molecule has 7 atom stereocenters. The number of amides is 4. The first kappa shape index (κ1) is 34.1. The highest BCUT2D eigenvalue weighted by molar-refractivity contribution is 7.90. The lowest BCUT2D eigenvalue weighted by Crippen LogP contribution is -2.48. The van der Waals surface area contributed by atoms with E-state index in [2.05, 4.69) is 11.3 Å². The summed E-state index contributed by atoms with van der Waals surface area (Å²) in [5.41, 5.74) is -0.335. The van der Waals surface area contributed by atoms with Crippen LogP contribution in [0.15, 0.2) is 30.9 Å². The number of morpholine rings is 1. The monoisotopic (exact) mass is 714 g/mol. The number of allylic oxidation sites excluding steroid dienone is 1. The summed E-state index contributed by atoms with van der Waals surface area (Å²) in [5.74, 6) is -4.56. The molecule has 4 heterocycles. The fourth-order valence-corrected chi connectivity index (χ4v) is 9.23. The number of ketones is 1. The molecule has 16 heteroatoms. The number of nitrogens with one attached hydrogen (secondary N) is 1. The number of Topliss-reactive ketones (excluding diaryl/α,β-unsaturated/α-hetero) is 1. The van der Waals surface area contributed by atoms with Gasteiger partial charge in [0.05, 0.1) is 36.3 Å². The molecule has 2 aliphatic carbocycles. The normalized spacial score (nSPS) is 30.1. The van der Waals surface area contributed by atoms with Crippen molar-refractivity contribution in [1.82, 2.24) is 19.4 Å². The predicted octanol–water partition coefficient (Wildman–Crippen LogP) is 1.56. The molecule has 14 nitrogen and oxygen atoms in total. The average molecular weight is 715 g/mol. The van der Waals surface area contributed by atoms with Gasteiger partial charge in [-0.3, -0.25) is 28.8 Å². The summed E-state index contributed by atoms with van der Waals surface area (Å²) >= 11 is 0. The molecule has 5 fully saturated rings. The molecule has 2 saturated carbocycles. The maximum Gasteiger partial charge on any atom is 0.410 e. The van der Waals surface area contributed by atoms with Gasteiger partial charge in [-0.2, -0.15) is 0 Å². The Hall–Kier alpha value is -4.34. The number of benzene rings is 1. The van der Waals surface area contributed by atoms with Crippen LogP contribution < -0.4 is 4.72 Å². The number of rotatable bonds is 11. The summed E-state index contributed by atoms with van der Waals surface area (Å²) in [7, 11) is -3.89. The highest BCUT2D eigenvalue weighted by Gasteiger charge is 2.61. The van der Waals surface area contributed by atoms with Gasteiger partial charge >= 0.3 is 12.1 Å². The Bertz CT molecular complexity index is 1800. The molecular weight excluding hydrogens is 675 g/mol. The van der Waals surface area contributed by atoms with Crippen molar-refractivity contribution >= 4 is 45.6 Å². The topological polar surface area (TPSA) is 177 Å². The number of halogens is 1. The van der Waals surface area contributed by atoms with Gasteiger partial charge in [-0.1, -0.05) is 25.1 Å². The lowest BCUT2D eigenvalue weighted by atomic mass is 9.91. The summed E-state index contributed by atoms with van der Waals surface area (Å²) in [5, 5.41) is -0.649. The molecule has 0 aromatic heterocycles. The van der Waals surface area contributed by atoms with Gasteiger partial charge in [-0.15, -0.1) is 6.58 Å². The largest absolute Gasteiger partial charge is 0.459 e. The second kappa shape index (κ2) is 12.5. The van der Waals surface area contributed by atoms with Gasteiger partial charge in [0.25, 0.3) is 0 Å². The van der Waals surface area contributed by atoms with Gasteiger partial charge in [0, 0.05) is 43.7 Å². The first-order chi connectivity index (χ1) is 23.7. The maximum absolute atomic E-state index is 14.3. The van der Waals surface area contributed by atoms with Crippen LogP contribution in [0.1, 0.15) is 63.0 Å². The molecule has 4 amide bonds. The Morgan fingerprint density at radius 2 is 1.90 bits per heavy atom. The van der Waals surface area contributed by atoms with Gasteiger partial charge in [-0.25, -0.2) is 22.4 Å². The zero-order valence-electron chi connectivity index (χ0n) is 27.5. The first-order valence-corrected chi connectivity index (χ1v) is 18.5. The summed E-state index contributed by atoms with van der Waals surface area (Å²) in [6.07, 6.45) is 0.234. The number of esters is 1. The van der Waals surface area contributed by atoms with E-state index in [0.717, 1.165) is 0 Å². The van der Waals surface area contributed by atoms with E-state index in [1.807, 2.05) is 0 Å². The van der Waals surface area contributed by atoms with Crippen LogP contribution in [0.5, 0.6) is 0 Å². The van der Waals surface area contributed by atoms with E-state index in [0.29, 0.717) is 30.4 Å². The number of hydrogen-bond donors (Lipinski definition) is 1. The molecule has 0 radical (unpaired) electrons. The third kappa shape index (κ3) is 6.15. The Labute approximate surface area is 288 Å². The zero-order valence-corrected chi connectivity index (χ0v) is 28.4. The van der Waals surface area contributed by atoms with E-state index in [1.54, 1.807) is 12.1 Å². The number of carbonyl (C=O) groups excluding carboxylic acids is 6. The number of carbonyl (C=O) groups is 6. The van der Waals surface area contributed by atoms with Crippen LogP contribution in [0.25, 0.3) is 0 Å². The Morgan fingerprint density at radius 1 is 1.14 bits per heavy atom. The van der Waals surface area contributed by atoms with E-state index in [1.165, 1.54) is 33.8 Å². The van der Waals surface area contributed by atoms with Gasteiger partial charge in [0.1, 0.15) is 24.1 Å². The van der Waals surface area contributed by atoms with Crippen molar-refractivity contribution in [3.8, 4) is 0 Å². The van der Waals surface area contributed by atoms with Crippen molar-refractivity contribution in [3.63, 3.8) is 0 Å². The smallest absolute Gasteiger partial charge is 0.410 e. The van der Waals surface area contributed by atoms with Crippen LogP contribution in [0.2, 0.25) is 0 Å². The second-order valence-electron chi connectivity index (χ2n) is 14.5. The molecule has 1 aromatic carbocycles. The van der Waals surface area contributed by atoms with Crippen molar-refractivity contribution < 1.29 is 51.0 Å². The number of fused-ring (bicyclic) bond motifs is 3. The standard InChI is InChI=1S/C34H39FN4O10S/c1-3-20-12-34(20,32(44)36-50(46,47)23-7-8-23)13-28(40)26-10-22(49-33(45)37-14-19-5-4-6-25(35)24(19)17-37)16-39(26)30(42)18(2)9-29(41)38-15-21-11-27(38)31(43)48-21/h3-6,18,20-23,26-27H,1,7-17H2,2H3,(H,36,44)/t18-,20+,21+,22?,26-,27+,34+/m0/s1. The average Bonchev–Trinajstić information content (AvgIpc) is 3.82. The maximum atomic E-state index is 14.3. The lowest BCUT2D eigenvalue weighted by Gasteiger charge is -2.29. The second-order valence-corrected chi connectivity index (χ2v) is 16.4. The van der Waals surface area contributed by atoms with Gasteiger partial charge in [-0.05, 0) is 36.8 Å². The van der Waals surface area contributed by atoms with E-state index in [9.17, 15) is 41.6 Å². The third-order valence-electron chi connectivity index (χ3n) is 11.0. The molecule has 7 rings (SSSR count). The van der Waals surface area contributed by atoms with Crippen molar-refractivity contribution in [3.05, 3.63) is 47.8 Å². The number of hydrogen-bond acceptors (Lipinski definition) is 10. The van der Waals surface area contributed by atoms with E-state index in [4.69, 9.17) is 9.47 Å². The quantitative estimate of drug-likeness (QED) is 0.262. The Balaban J connectivity index is 1.07. The SMILES string of the molecule is C=C[C@@H]1C[C@]1(CC(=O)[C@@H]1CC(OC(=O)N2Cc3cccc(F)c3C2)CN1C(=O)[C@@H](C)CC(=O)N1C[C@H]2C[C@@H]1C(=O)O2)C(=O)NS(=O)(=O)C1CC1. The zero-order chi connectivity index (χ0) is 35.7. The van der Waals surface area contributed by atoms with E-state index in [-0.39, 0.29) is 58.0 Å².